The minimum Gasteiger partial charge on any atom is -0.503 e. The molecule has 2 N–H and O–H groups in total. The first kappa shape index (κ1) is 15.4. The van der Waals surface area contributed by atoms with Gasteiger partial charge in [-0.1, -0.05) is 6.92 Å². The van der Waals surface area contributed by atoms with Crippen LogP contribution in [0.1, 0.15) is 25.8 Å². The molecular formula is C13H16F2O4. The van der Waals surface area contributed by atoms with E-state index < -0.39 is 29.0 Å². The van der Waals surface area contributed by atoms with E-state index in [1.165, 1.54) is 0 Å². The molecule has 1 aromatic carbocycles. The van der Waals surface area contributed by atoms with Gasteiger partial charge in [0.15, 0.2) is 23.0 Å². The predicted octanol–water partition coefficient (Wildman–Crippen LogP) is 2.48. The molecule has 0 aliphatic carbocycles. The molecule has 1 unspecified atom stereocenters. The van der Waals surface area contributed by atoms with Crippen molar-refractivity contribution in [2.75, 3.05) is 6.61 Å². The van der Waals surface area contributed by atoms with E-state index in [1.54, 1.807) is 13.8 Å². The van der Waals surface area contributed by atoms with Crippen molar-refractivity contribution >= 4 is 5.97 Å². The van der Waals surface area contributed by atoms with Crippen molar-refractivity contribution in [2.24, 2.45) is 0 Å². The summed E-state index contributed by atoms with van der Waals surface area (Å²) in [5.74, 6) is -4.51. The number of phenolic OH excluding ortho intramolecular Hbond substituents is 1. The number of aliphatic carboxylic acids is 1. The van der Waals surface area contributed by atoms with Crippen molar-refractivity contribution in [3.8, 4) is 5.75 Å². The van der Waals surface area contributed by atoms with Gasteiger partial charge in [0.2, 0.25) is 0 Å². The van der Waals surface area contributed by atoms with Gasteiger partial charge in [0.05, 0.1) is 0 Å². The van der Waals surface area contributed by atoms with Gasteiger partial charge in [0.25, 0.3) is 0 Å². The van der Waals surface area contributed by atoms with E-state index in [9.17, 15) is 18.7 Å². The van der Waals surface area contributed by atoms with Crippen LogP contribution in [0.5, 0.6) is 5.75 Å². The number of phenols is 1. The number of carbonyl (C=O) groups is 1. The second kappa shape index (κ2) is 5.97. The van der Waals surface area contributed by atoms with Crippen molar-refractivity contribution < 1.29 is 28.5 Å². The Morgan fingerprint density at radius 3 is 2.21 bits per heavy atom. The van der Waals surface area contributed by atoms with Gasteiger partial charge in [0, 0.05) is 13.0 Å². The van der Waals surface area contributed by atoms with Gasteiger partial charge in [-0.15, -0.1) is 0 Å². The van der Waals surface area contributed by atoms with Crippen LogP contribution in [-0.4, -0.2) is 28.4 Å². The summed E-state index contributed by atoms with van der Waals surface area (Å²) in [6, 6.07) is 1.82. The zero-order valence-electron chi connectivity index (χ0n) is 10.7. The fraction of sp³-hybridized carbons (Fsp3) is 0.462. The SMILES string of the molecule is CCOC(CC)(Cc1cc(F)c(O)c(F)c1)C(=O)O. The number of aromatic hydroxyl groups is 1. The summed E-state index contributed by atoms with van der Waals surface area (Å²) in [6.07, 6.45) is -0.0267. The first-order chi connectivity index (χ1) is 8.86. The molecule has 0 radical (unpaired) electrons. The first-order valence-electron chi connectivity index (χ1n) is 5.90. The molecule has 0 spiro atoms. The van der Waals surface area contributed by atoms with Crippen LogP contribution >= 0.6 is 0 Å². The van der Waals surface area contributed by atoms with E-state index in [2.05, 4.69) is 0 Å². The summed E-state index contributed by atoms with van der Waals surface area (Å²) in [5.41, 5.74) is -1.41. The molecule has 1 aromatic rings. The normalized spacial score (nSPS) is 14.1. The number of hydrogen-bond acceptors (Lipinski definition) is 3. The molecule has 0 bridgehead atoms. The molecule has 1 atom stereocenters. The summed E-state index contributed by atoms with van der Waals surface area (Å²) in [7, 11) is 0. The second-order valence-corrected chi connectivity index (χ2v) is 4.17. The van der Waals surface area contributed by atoms with Crippen LogP contribution < -0.4 is 0 Å². The lowest BCUT2D eigenvalue weighted by Gasteiger charge is -2.28. The fourth-order valence-corrected chi connectivity index (χ4v) is 1.89. The zero-order valence-corrected chi connectivity index (χ0v) is 10.7. The largest absolute Gasteiger partial charge is 0.503 e. The highest BCUT2D eigenvalue weighted by Crippen LogP contribution is 2.27. The van der Waals surface area contributed by atoms with Gasteiger partial charge < -0.3 is 14.9 Å². The monoisotopic (exact) mass is 274 g/mol. The van der Waals surface area contributed by atoms with Crippen molar-refractivity contribution in [3.63, 3.8) is 0 Å². The van der Waals surface area contributed by atoms with Gasteiger partial charge >= 0.3 is 5.97 Å². The number of rotatable bonds is 6. The number of benzene rings is 1. The Hall–Kier alpha value is -1.69. The smallest absolute Gasteiger partial charge is 0.336 e. The highest BCUT2D eigenvalue weighted by atomic mass is 19.1. The van der Waals surface area contributed by atoms with Gasteiger partial charge in [-0.05, 0) is 31.0 Å². The van der Waals surface area contributed by atoms with Crippen molar-refractivity contribution in [1.29, 1.82) is 0 Å². The topological polar surface area (TPSA) is 66.8 Å². The van der Waals surface area contributed by atoms with E-state index >= 15 is 0 Å². The van der Waals surface area contributed by atoms with Gasteiger partial charge in [-0.2, -0.15) is 0 Å². The molecule has 0 saturated heterocycles. The van der Waals surface area contributed by atoms with Crippen molar-refractivity contribution in [2.45, 2.75) is 32.3 Å². The van der Waals surface area contributed by atoms with Crippen molar-refractivity contribution in [1.82, 2.24) is 0 Å². The maximum Gasteiger partial charge on any atom is 0.336 e. The summed E-state index contributed by atoms with van der Waals surface area (Å²) in [5, 5.41) is 18.2. The zero-order chi connectivity index (χ0) is 14.6. The molecule has 4 nitrogen and oxygen atoms in total. The molecule has 0 saturated carbocycles. The van der Waals surface area contributed by atoms with E-state index in [4.69, 9.17) is 9.84 Å². The third-order valence-corrected chi connectivity index (χ3v) is 2.95. The third kappa shape index (κ3) is 3.20. The lowest BCUT2D eigenvalue weighted by Crippen LogP contribution is -2.43. The standard InChI is InChI=1S/C13H16F2O4/c1-3-13(12(17)18,19-4-2)7-8-5-9(14)11(16)10(15)6-8/h5-6,16H,3-4,7H2,1-2H3,(H,17,18). The summed E-state index contributed by atoms with van der Waals surface area (Å²) in [6.45, 7) is 3.44. The highest BCUT2D eigenvalue weighted by Gasteiger charge is 2.38. The van der Waals surface area contributed by atoms with Crippen molar-refractivity contribution in [3.05, 3.63) is 29.3 Å². The van der Waals surface area contributed by atoms with Crippen LogP contribution in [-0.2, 0) is 16.0 Å². The Labute approximate surface area is 109 Å². The molecule has 106 valence electrons. The molecule has 0 aliphatic heterocycles. The molecule has 0 aliphatic rings. The third-order valence-electron chi connectivity index (χ3n) is 2.95. The fourth-order valence-electron chi connectivity index (χ4n) is 1.89. The minimum atomic E-state index is -1.52. The number of hydrogen-bond donors (Lipinski definition) is 2. The summed E-state index contributed by atoms with van der Waals surface area (Å²) < 4.78 is 31.7. The summed E-state index contributed by atoms with van der Waals surface area (Å²) >= 11 is 0. The Morgan fingerprint density at radius 1 is 1.32 bits per heavy atom. The number of halogens is 2. The van der Waals surface area contributed by atoms with Crippen LogP contribution in [0.4, 0.5) is 8.78 Å². The molecule has 1 rings (SSSR count). The molecule has 6 heteroatoms. The Kier molecular flexibility index (Phi) is 4.83. The Balaban J connectivity index is 3.13. The lowest BCUT2D eigenvalue weighted by atomic mass is 9.91. The molecule has 0 aromatic heterocycles. The number of carboxylic acid groups (broad SMARTS) is 1. The lowest BCUT2D eigenvalue weighted by molar-refractivity contribution is -0.166. The van der Waals surface area contributed by atoms with E-state index in [0.29, 0.717) is 0 Å². The second-order valence-electron chi connectivity index (χ2n) is 4.17. The maximum atomic E-state index is 13.2. The van der Waals surface area contributed by atoms with Crippen LogP contribution in [0.3, 0.4) is 0 Å². The first-order valence-corrected chi connectivity index (χ1v) is 5.90. The average Bonchev–Trinajstić information content (AvgIpc) is 2.34. The number of carboxylic acids is 1. The van der Waals surface area contributed by atoms with Gasteiger partial charge in [-0.25, -0.2) is 13.6 Å². The Bertz CT molecular complexity index is 453. The van der Waals surface area contributed by atoms with E-state index in [1.807, 2.05) is 0 Å². The summed E-state index contributed by atoms with van der Waals surface area (Å²) in [4.78, 5) is 11.3. The van der Waals surface area contributed by atoms with Crippen LogP contribution in [0.2, 0.25) is 0 Å². The molecule has 19 heavy (non-hydrogen) atoms. The molecule has 0 heterocycles. The minimum absolute atomic E-state index is 0.116. The van der Waals surface area contributed by atoms with Crippen LogP contribution in [0, 0.1) is 11.6 Å². The number of ether oxygens (including phenoxy) is 1. The molecule has 0 fully saturated rings. The van der Waals surface area contributed by atoms with Crippen LogP contribution in [0.15, 0.2) is 12.1 Å². The van der Waals surface area contributed by atoms with E-state index in [-0.39, 0.29) is 25.0 Å². The van der Waals surface area contributed by atoms with E-state index in [0.717, 1.165) is 12.1 Å². The van der Waals surface area contributed by atoms with Gasteiger partial charge in [-0.3, -0.25) is 0 Å². The predicted molar refractivity (Wildman–Crippen MR) is 64.0 cm³/mol. The van der Waals surface area contributed by atoms with Crippen LogP contribution in [0.25, 0.3) is 0 Å². The average molecular weight is 274 g/mol. The van der Waals surface area contributed by atoms with Gasteiger partial charge in [0.1, 0.15) is 0 Å². The maximum absolute atomic E-state index is 13.2. The Morgan fingerprint density at radius 2 is 1.84 bits per heavy atom. The molecule has 0 amide bonds. The molecular weight excluding hydrogens is 258 g/mol. The highest BCUT2D eigenvalue weighted by molar-refractivity contribution is 5.78. The quantitative estimate of drug-likeness (QED) is 0.836.